The zero-order chi connectivity index (χ0) is 11.8. The molecule has 16 heavy (non-hydrogen) atoms. The third-order valence-electron chi connectivity index (χ3n) is 2.31. The van der Waals surface area contributed by atoms with Crippen LogP contribution in [0.2, 0.25) is 0 Å². The molecule has 0 aromatic heterocycles. The molecule has 0 saturated carbocycles. The largest absolute Gasteiger partial charge is 0.356 e. The summed E-state index contributed by atoms with van der Waals surface area (Å²) in [5, 5.41) is 2.92. The third-order valence-corrected chi connectivity index (χ3v) is 2.31. The molecule has 0 aliphatic rings. The van der Waals surface area contributed by atoms with Gasteiger partial charge >= 0.3 is 0 Å². The first kappa shape index (κ1) is 12.7. The van der Waals surface area contributed by atoms with E-state index in [1.54, 1.807) is 0 Å². The van der Waals surface area contributed by atoms with Crippen molar-refractivity contribution < 1.29 is 4.79 Å². The second-order valence-corrected chi connectivity index (χ2v) is 4.17. The van der Waals surface area contributed by atoms with Crippen LogP contribution < -0.4 is 5.32 Å². The number of carbonyl (C=O) groups is 1. The minimum atomic E-state index is 0.102. The van der Waals surface area contributed by atoms with E-state index in [0.717, 1.165) is 25.1 Å². The Kier molecular flexibility index (Phi) is 5.57. The average Bonchev–Trinajstić information content (AvgIpc) is 2.25. The van der Waals surface area contributed by atoms with Gasteiger partial charge in [-0.1, -0.05) is 30.3 Å². The van der Waals surface area contributed by atoms with E-state index in [0.29, 0.717) is 6.42 Å². The SMILES string of the molecule is CN(C)CCCNC(=O)Cc1ccccc1. The van der Waals surface area contributed by atoms with Gasteiger partial charge in [-0.3, -0.25) is 4.79 Å². The van der Waals surface area contributed by atoms with Crippen molar-refractivity contribution in [3.63, 3.8) is 0 Å². The molecule has 0 aliphatic heterocycles. The van der Waals surface area contributed by atoms with Crippen LogP contribution in [0.25, 0.3) is 0 Å². The predicted molar refractivity (Wildman–Crippen MR) is 66.3 cm³/mol. The molecule has 0 bridgehead atoms. The highest BCUT2D eigenvalue weighted by molar-refractivity contribution is 5.78. The summed E-state index contributed by atoms with van der Waals surface area (Å²) in [5.74, 6) is 0.102. The van der Waals surface area contributed by atoms with Crippen LogP contribution in [-0.4, -0.2) is 38.0 Å². The monoisotopic (exact) mass is 220 g/mol. The summed E-state index contributed by atoms with van der Waals surface area (Å²) in [6, 6.07) is 9.81. The second kappa shape index (κ2) is 7.01. The van der Waals surface area contributed by atoms with Gasteiger partial charge in [0.1, 0.15) is 0 Å². The van der Waals surface area contributed by atoms with Crippen molar-refractivity contribution in [3.05, 3.63) is 35.9 Å². The van der Waals surface area contributed by atoms with Gasteiger partial charge in [-0.25, -0.2) is 0 Å². The Bertz CT molecular complexity index is 309. The zero-order valence-electron chi connectivity index (χ0n) is 10.1. The Morgan fingerprint density at radius 1 is 1.25 bits per heavy atom. The van der Waals surface area contributed by atoms with Crippen LogP contribution in [0.4, 0.5) is 0 Å². The summed E-state index contributed by atoms with van der Waals surface area (Å²) in [7, 11) is 4.07. The topological polar surface area (TPSA) is 32.3 Å². The summed E-state index contributed by atoms with van der Waals surface area (Å²) < 4.78 is 0. The first-order valence-corrected chi connectivity index (χ1v) is 5.64. The van der Waals surface area contributed by atoms with E-state index in [4.69, 9.17) is 0 Å². The fourth-order valence-electron chi connectivity index (χ4n) is 1.47. The molecule has 1 aromatic carbocycles. The number of carbonyl (C=O) groups excluding carboxylic acids is 1. The molecule has 0 aliphatic carbocycles. The van der Waals surface area contributed by atoms with Crippen molar-refractivity contribution in [1.82, 2.24) is 10.2 Å². The van der Waals surface area contributed by atoms with Crippen LogP contribution in [0, 0.1) is 0 Å². The lowest BCUT2D eigenvalue weighted by Gasteiger charge is -2.09. The normalized spacial score (nSPS) is 10.4. The van der Waals surface area contributed by atoms with Crippen LogP contribution in [0.3, 0.4) is 0 Å². The fourth-order valence-corrected chi connectivity index (χ4v) is 1.47. The van der Waals surface area contributed by atoms with E-state index in [1.807, 2.05) is 44.4 Å². The standard InChI is InChI=1S/C13H20N2O/c1-15(2)10-6-9-14-13(16)11-12-7-4-3-5-8-12/h3-5,7-8H,6,9-11H2,1-2H3,(H,14,16). The molecule has 0 atom stereocenters. The van der Waals surface area contributed by atoms with E-state index in [-0.39, 0.29) is 5.91 Å². The highest BCUT2D eigenvalue weighted by Crippen LogP contribution is 1.98. The number of rotatable bonds is 6. The number of nitrogens with one attached hydrogen (secondary N) is 1. The van der Waals surface area contributed by atoms with Gasteiger partial charge in [-0.2, -0.15) is 0 Å². The van der Waals surface area contributed by atoms with Crippen molar-refractivity contribution in [2.75, 3.05) is 27.2 Å². The molecule has 3 heteroatoms. The van der Waals surface area contributed by atoms with Crippen molar-refractivity contribution >= 4 is 5.91 Å². The molecule has 1 amide bonds. The lowest BCUT2D eigenvalue weighted by atomic mass is 10.1. The summed E-state index contributed by atoms with van der Waals surface area (Å²) in [6.07, 6.45) is 1.47. The molecule has 0 saturated heterocycles. The Morgan fingerprint density at radius 3 is 2.56 bits per heavy atom. The maximum absolute atomic E-state index is 11.5. The molecule has 1 aromatic rings. The van der Waals surface area contributed by atoms with E-state index >= 15 is 0 Å². The molecule has 0 radical (unpaired) electrons. The minimum Gasteiger partial charge on any atom is -0.356 e. The average molecular weight is 220 g/mol. The number of benzene rings is 1. The van der Waals surface area contributed by atoms with E-state index in [9.17, 15) is 4.79 Å². The maximum atomic E-state index is 11.5. The van der Waals surface area contributed by atoms with Crippen LogP contribution in [-0.2, 0) is 11.2 Å². The smallest absolute Gasteiger partial charge is 0.224 e. The molecule has 0 fully saturated rings. The highest BCUT2D eigenvalue weighted by atomic mass is 16.1. The predicted octanol–water partition coefficient (Wildman–Crippen LogP) is 1.30. The summed E-state index contributed by atoms with van der Waals surface area (Å²) in [6.45, 7) is 1.76. The first-order chi connectivity index (χ1) is 7.68. The van der Waals surface area contributed by atoms with Gasteiger partial charge in [0.15, 0.2) is 0 Å². The van der Waals surface area contributed by atoms with Gasteiger partial charge in [-0.05, 0) is 32.6 Å². The zero-order valence-corrected chi connectivity index (χ0v) is 10.1. The van der Waals surface area contributed by atoms with Crippen molar-refractivity contribution in [2.45, 2.75) is 12.8 Å². The van der Waals surface area contributed by atoms with Crippen LogP contribution >= 0.6 is 0 Å². The maximum Gasteiger partial charge on any atom is 0.224 e. The number of hydrogen-bond donors (Lipinski definition) is 1. The van der Waals surface area contributed by atoms with Gasteiger partial charge in [0, 0.05) is 6.54 Å². The van der Waals surface area contributed by atoms with Gasteiger partial charge < -0.3 is 10.2 Å². The molecular weight excluding hydrogens is 200 g/mol. The number of amides is 1. The molecule has 3 nitrogen and oxygen atoms in total. The Morgan fingerprint density at radius 2 is 1.94 bits per heavy atom. The minimum absolute atomic E-state index is 0.102. The molecule has 88 valence electrons. The van der Waals surface area contributed by atoms with Gasteiger partial charge in [0.2, 0.25) is 5.91 Å². The lowest BCUT2D eigenvalue weighted by Crippen LogP contribution is -2.28. The number of nitrogens with zero attached hydrogens (tertiary/aromatic N) is 1. The Labute approximate surface area is 97.5 Å². The van der Waals surface area contributed by atoms with Gasteiger partial charge in [0.05, 0.1) is 6.42 Å². The van der Waals surface area contributed by atoms with Gasteiger partial charge in [-0.15, -0.1) is 0 Å². The molecule has 0 unspecified atom stereocenters. The van der Waals surface area contributed by atoms with Crippen LogP contribution in [0.1, 0.15) is 12.0 Å². The van der Waals surface area contributed by atoms with Crippen molar-refractivity contribution in [3.8, 4) is 0 Å². The summed E-state index contributed by atoms with van der Waals surface area (Å²) >= 11 is 0. The van der Waals surface area contributed by atoms with Crippen molar-refractivity contribution in [2.24, 2.45) is 0 Å². The molecule has 1 N–H and O–H groups in total. The van der Waals surface area contributed by atoms with Crippen LogP contribution in [0.5, 0.6) is 0 Å². The summed E-state index contributed by atoms with van der Waals surface area (Å²) in [4.78, 5) is 13.6. The molecule has 0 spiro atoms. The van der Waals surface area contributed by atoms with Crippen LogP contribution in [0.15, 0.2) is 30.3 Å². The van der Waals surface area contributed by atoms with E-state index < -0.39 is 0 Å². The second-order valence-electron chi connectivity index (χ2n) is 4.17. The number of hydrogen-bond acceptors (Lipinski definition) is 2. The third kappa shape index (κ3) is 5.51. The Balaban J connectivity index is 2.17. The quantitative estimate of drug-likeness (QED) is 0.733. The van der Waals surface area contributed by atoms with Gasteiger partial charge in [0.25, 0.3) is 0 Å². The van der Waals surface area contributed by atoms with E-state index in [2.05, 4.69) is 10.2 Å². The Hall–Kier alpha value is -1.35. The first-order valence-electron chi connectivity index (χ1n) is 5.64. The van der Waals surface area contributed by atoms with Crippen molar-refractivity contribution in [1.29, 1.82) is 0 Å². The van der Waals surface area contributed by atoms with E-state index in [1.165, 1.54) is 0 Å². The lowest BCUT2D eigenvalue weighted by molar-refractivity contribution is -0.120. The fraction of sp³-hybridized carbons (Fsp3) is 0.462. The summed E-state index contributed by atoms with van der Waals surface area (Å²) in [5.41, 5.74) is 1.06. The molecule has 1 rings (SSSR count). The molecule has 0 heterocycles. The highest BCUT2D eigenvalue weighted by Gasteiger charge is 2.01. The molecular formula is C13H20N2O.